The summed E-state index contributed by atoms with van der Waals surface area (Å²) in [5, 5.41) is 3.18. The van der Waals surface area contributed by atoms with Gasteiger partial charge in [0.05, 0.1) is 16.6 Å². The van der Waals surface area contributed by atoms with Gasteiger partial charge in [-0.05, 0) is 37.2 Å². The number of benzene rings is 1. The number of fused-ring (bicyclic) bond motifs is 1. The van der Waals surface area contributed by atoms with Gasteiger partial charge in [-0.15, -0.1) is 0 Å². The Morgan fingerprint density at radius 3 is 2.68 bits per heavy atom. The van der Waals surface area contributed by atoms with Crippen molar-refractivity contribution in [3.05, 3.63) is 29.6 Å². The molecule has 1 aromatic carbocycles. The van der Waals surface area contributed by atoms with Crippen LogP contribution in [0.15, 0.2) is 18.2 Å². The number of hydrogen-bond acceptors (Lipinski definition) is 2. The first-order chi connectivity index (χ1) is 8.95. The second kappa shape index (κ2) is 4.23. The lowest BCUT2D eigenvalue weighted by Gasteiger charge is -2.26. The summed E-state index contributed by atoms with van der Waals surface area (Å²) in [5.74, 6) is 1.39. The van der Waals surface area contributed by atoms with Gasteiger partial charge in [-0.3, -0.25) is 0 Å². The van der Waals surface area contributed by atoms with Crippen molar-refractivity contribution in [2.24, 2.45) is 13.0 Å². The monoisotopic (exact) mass is 269 g/mol. The third kappa shape index (κ3) is 2.20. The van der Waals surface area contributed by atoms with Crippen LogP contribution in [-0.2, 0) is 19.6 Å². The molecule has 2 heterocycles. The fourth-order valence-corrected chi connectivity index (χ4v) is 2.36. The minimum Gasteiger partial charge on any atom is -0.331 e. The van der Waals surface area contributed by atoms with Crippen LogP contribution >= 0.6 is 0 Å². The number of nitrogens with zero attached hydrogens (tertiary/aromatic N) is 2. The summed E-state index contributed by atoms with van der Waals surface area (Å²) in [6.07, 6.45) is -3.51. The van der Waals surface area contributed by atoms with E-state index in [0.29, 0.717) is 11.4 Å². The van der Waals surface area contributed by atoms with Crippen LogP contribution in [0, 0.1) is 5.92 Å². The Hall–Kier alpha value is -1.56. The first kappa shape index (κ1) is 12.5. The van der Waals surface area contributed by atoms with Gasteiger partial charge >= 0.3 is 6.18 Å². The van der Waals surface area contributed by atoms with E-state index in [2.05, 4.69) is 10.3 Å². The number of imidazole rings is 1. The number of alkyl halides is 3. The molecular weight excluding hydrogens is 255 g/mol. The van der Waals surface area contributed by atoms with Crippen molar-refractivity contribution in [1.29, 1.82) is 0 Å². The Morgan fingerprint density at radius 1 is 1.37 bits per heavy atom. The Bertz CT molecular complexity index is 611. The van der Waals surface area contributed by atoms with Crippen molar-refractivity contribution in [2.75, 3.05) is 13.1 Å². The lowest BCUT2D eigenvalue weighted by atomic mass is 9.99. The maximum atomic E-state index is 12.7. The van der Waals surface area contributed by atoms with Gasteiger partial charge in [0, 0.05) is 13.5 Å². The molecule has 19 heavy (non-hydrogen) atoms. The van der Waals surface area contributed by atoms with Gasteiger partial charge in [-0.25, -0.2) is 4.98 Å². The normalized spacial score (nSPS) is 16.8. The topological polar surface area (TPSA) is 29.9 Å². The number of hydrogen-bond donors (Lipinski definition) is 1. The van der Waals surface area contributed by atoms with Gasteiger partial charge in [0.15, 0.2) is 0 Å². The van der Waals surface area contributed by atoms with Crippen molar-refractivity contribution >= 4 is 11.0 Å². The van der Waals surface area contributed by atoms with Crippen LogP contribution in [0.25, 0.3) is 11.0 Å². The molecule has 0 atom stereocenters. The highest BCUT2D eigenvalue weighted by atomic mass is 19.4. The zero-order chi connectivity index (χ0) is 13.6. The fourth-order valence-electron chi connectivity index (χ4n) is 2.36. The van der Waals surface area contributed by atoms with E-state index in [1.54, 1.807) is 0 Å². The highest BCUT2D eigenvalue weighted by Crippen LogP contribution is 2.31. The summed E-state index contributed by atoms with van der Waals surface area (Å²) in [6, 6.07) is 3.73. The predicted molar refractivity (Wildman–Crippen MR) is 65.8 cm³/mol. The number of rotatable bonds is 2. The summed E-state index contributed by atoms with van der Waals surface area (Å²) in [6.45, 7) is 1.91. The molecule has 3 rings (SSSR count). The molecule has 0 amide bonds. The molecule has 1 aliphatic heterocycles. The molecule has 0 spiro atoms. The van der Waals surface area contributed by atoms with Gasteiger partial charge < -0.3 is 9.88 Å². The average molecular weight is 269 g/mol. The second-order valence-electron chi connectivity index (χ2n) is 5.02. The molecule has 1 aliphatic rings. The SMILES string of the molecule is Cn1c(CC2CNC2)nc2cc(C(F)(F)F)ccc21. The van der Waals surface area contributed by atoms with Crippen molar-refractivity contribution in [3.8, 4) is 0 Å². The van der Waals surface area contributed by atoms with E-state index >= 15 is 0 Å². The Balaban J connectivity index is 1.99. The molecule has 0 radical (unpaired) electrons. The highest BCUT2D eigenvalue weighted by molar-refractivity contribution is 5.77. The van der Waals surface area contributed by atoms with E-state index in [1.807, 2.05) is 11.6 Å². The number of nitrogens with one attached hydrogen (secondary N) is 1. The quantitative estimate of drug-likeness (QED) is 0.907. The van der Waals surface area contributed by atoms with Gasteiger partial charge in [0.25, 0.3) is 0 Å². The average Bonchev–Trinajstić information content (AvgIpc) is 2.59. The molecule has 0 unspecified atom stereocenters. The molecule has 102 valence electrons. The Kier molecular flexibility index (Phi) is 2.78. The van der Waals surface area contributed by atoms with Crippen LogP contribution in [0.3, 0.4) is 0 Å². The van der Waals surface area contributed by atoms with Crippen LogP contribution < -0.4 is 5.32 Å². The van der Waals surface area contributed by atoms with Crippen LogP contribution in [0.5, 0.6) is 0 Å². The second-order valence-corrected chi connectivity index (χ2v) is 5.02. The molecule has 0 aliphatic carbocycles. The first-order valence-corrected chi connectivity index (χ1v) is 6.18. The molecule has 6 heteroatoms. The molecule has 0 bridgehead atoms. The predicted octanol–water partition coefficient (Wildman–Crippen LogP) is 2.35. The largest absolute Gasteiger partial charge is 0.416 e. The smallest absolute Gasteiger partial charge is 0.331 e. The van der Waals surface area contributed by atoms with E-state index in [4.69, 9.17) is 0 Å². The zero-order valence-electron chi connectivity index (χ0n) is 10.5. The van der Waals surface area contributed by atoms with Crippen molar-refractivity contribution < 1.29 is 13.2 Å². The van der Waals surface area contributed by atoms with Gasteiger partial charge in [-0.2, -0.15) is 13.2 Å². The van der Waals surface area contributed by atoms with Crippen LogP contribution in [0.1, 0.15) is 11.4 Å². The van der Waals surface area contributed by atoms with Crippen molar-refractivity contribution in [3.63, 3.8) is 0 Å². The first-order valence-electron chi connectivity index (χ1n) is 6.18. The highest BCUT2D eigenvalue weighted by Gasteiger charge is 2.31. The fraction of sp³-hybridized carbons (Fsp3) is 0.462. The lowest BCUT2D eigenvalue weighted by molar-refractivity contribution is -0.137. The van der Waals surface area contributed by atoms with Gasteiger partial charge in [0.2, 0.25) is 0 Å². The lowest BCUT2D eigenvalue weighted by Crippen LogP contribution is -2.43. The van der Waals surface area contributed by atoms with E-state index in [-0.39, 0.29) is 0 Å². The molecule has 3 nitrogen and oxygen atoms in total. The van der Waals surface area contributed by atoms with E-state index < -0.39 is 11.7 Å². The van der Waals surface area contributed by atoms with Crippen molar-refractivity contribution in [2.45, 2.75) is 12.6 Å². The standard InChI is InChI=1S/C13H14F3N3/c1-19-11-3-2-9(13(14,15)16)5-10(11)18-12(19)4-8-6-17-7-8/h2-3,5,8,17H,4,6-7H2,1H3. The van der Waals surface area contributed by atoms with Gasteiger partial charge in [0.1, 0.15) is 5.82 Å². The van der Waals surface area contributed by atoms with Crippen LogP contribution in [0.2, 0.25) is 0 Å². The third-order valence-electron chi connectivity index (χ3n) is 3.64. The minimum atomic E-state index is -4.32. The molecule has 2 aromatic rings. The number of halogens is 3. The summed E-state index contributed by atoms with van der Waals surface area (Å²) in [7, 11) is 1.85. The maximum absolute atomic E-state index is 12.7. The Morgan fingerprint density at radius 2 is 2.11 bits per heavy atom. The Labute approximate surface area is 108 Å². The van der Waals surface area contributed by atoms with Crippen molar-refractivity contribution in [1.82, 2.24) is 14.9 Å². The van der Waals surface area contributed by atoms with E-state index in [1.165, 1.54) is 6.07 Å². The van der Waals surface area contributed by atoms with E-state index in [0.717, 1.165) is 43.0 Å². The molecule has 1 N–H and O–H groups in total. The molecule has 1 aromatic heterocycles. The third-order valence-corrected chi connectivity index (χ3v) is 3.64. The zero-order valence-corrected chi connectivity index (χ0v) is 10.5. The molecule has 0 saturated carbocycles. The molecule has 1 fully saturated rings. The molecular formula is C13H14F3N3. The summed E-state index contributed by atoms with van der Waals surface area (Å²) < 4.78 is 39.8. The summed E-state index contributed by atoms with van der Waals surface area (Å²) in [4.78, 5) is 4.34. The summed E-state index contributed by atoms with van der Waals surface area (Å²) >= 11 is 0. The van der Waals surface area contributed by atoms with Crippen LogP contribution in [-0.4, -0.2) is 22.6 Å². The maximum Gasteiger partial charge on any atom is 0.416 e. The number of aromatic nitrogens is 2. The number of aryl methyl sites for hydroxylation is 1. The summed E-state index contributed by atoms with van der Waals surface area (Å²) in [5.41, 5.74) is 0.518. The van der Waals surface area contributed by atoms with Crippen LogP contribution in [0.4, 0.5) is 13.2 Å². The minimum absolute atomic E-state index is 0.416. The van der Waals surface area contributed by atoms with E-state index in [9.17, 15) is 13.2 Å². The molecule has 1 saturated heterocycles. The van der Waals surface area contributed by atoms with Gasteiger partial charge in [-0.1, -0.05) is 0 Å².